The van der Waals surface area contributed by atoms with Crippen LogP contribution in [0.15, 0.2) is 35.3 Å². The summed E-state index contributed by atoms with van der Waals surface area (Å²) in [6.45, 7) is 0. The molecule has 0 heterocycles. The van der Waals surface area contributed by atoms with E-state index in [0.717, 1.165) is 74.0 Å². The molecule has 1 amide bonds. The molecule has 9 rings (SSSR count). The predicted octanol–water partition coefficient (Wildman–Crippen LogP) is 0.702. The first-order valence-electron chi connectivity index (χ1n) is 12.9. The zero-order valence-electron chi connectivity index (χ0n) is 19.5. The molecule has 32 heavy (non-hydrogen) atoms. The molecule has 166 valence electrons. The van der Waals surface area contributed by atoms with Gasteiger partial charge in [0.05, 0.1) is 0 Å². The maximum atomic E-state index is 13.4. The molecular weight excluding hydrogens is 407 g/mol. The number of hydrogen-bond donors (Lipinski definition) is 2. The molecule has 4 nitrogen and oxygen atoms in total. The van der Waals surface area contributed by atoms with Crippen molar-refractivity contribution in [2.45, 2.75) is 88.1 Å². The van der Waals surface area contributed by atoms with Crippen LogP contribution in [0.3, 0.4) is 0 Å². The van der Waals surface area contributed by atoms with Gasteiger partial charge in [-0.1, -0.05) is 12.2 Å². The third kappa shape index (κ3) is 3.55. The molecule has 0 radical (unpaired) electrons. The van der Waals surface area contributed by atoms with Crippen molar-refractivity contribution in [2.24, 2.45) is 35.5 Å². The molecule has 0 aliphatic heterocycles. The summed E-state index contributed by atoms with van der Waals surface area (Å²) in [7, 11) is 0. The maximum Gasteiger partial charge on any atom is 1.00 e. The molecule has 5 heteroatoms. The van der Waals surface area contributed by atoms with Gasteiger partial charge in [0.15, 0.2) is 0 Å². The summed E-state index contributed by atoms with van der Waals surface area (Å²) in [5, 5.41) is 20.3. The van der Waals surface area contributed by atoms with Gasteiger partial charge < -0.3 is 15.7 Å². The molecular formula is C27H35N2NaO2. The molecule has 8 saturated carbocycles. The number of amides is 1. The Morgan fingerprint density at radius 2 is 1.16 bits per heavy atom. The van der Waals surface area contributed by atoms with Crippen LogP contribution in [0.5, 0.6) is 0 Å². The normalized spacial score (nSPS) is 48.4. The van der Waals surface area contributed by atoms with E-state index >= 15 is 0 Å². The van der Waals surface area contributed by atoms with E-state index in [1.165, 1.54) is 38.5 Å². The van der Waals surface area contributed by atoms with Crippen molar-refractivity contribution >= 4 is 5.91 Å². The predicted molar refractivity (Wildman–Crippen MR) is 117 cm³/mol. The number of allylic oxidation sites excluding steroid dienone is 3. The zero-order chi connectivity index (χ0) is 20.8. The smallest absolute Gasteiger partial charge is 0.860 e. The fourth-order valence-corrected chi connectivity index (χ4v) is 9.96. The molecule has 8 fully saturated rings. The van der Waals surface area contributed by atoms with Gasteiger partial charge in [0, 0.05) is 16.7 Å². The van der Waals surface area contributed by atoms with Crippen LogP contribution in [0.1, 0.15) is 77.0 Å². The van der Waals surface area contributed by atoms with Crippen LogP contribution in [0.2, 0.25) is 0 Å². The number of rotatable bonds is 4. The van der Waals surface area contributed by atoms with E-state index in [1.54, 1.807) is 0 Å². The Hall–Kier alpha value is -0.710. The van der Waals surface area contributed by atoms with Crippen LogP contribution in [0.25, 0.3) is 0 Å². The van der Waals surface area contributed by atoms with E-state index in [1.807, 2.05) is 18.2 Å². The SMILES string of the molecule is O=C(NC12CC3CC(CC(C3)C1)C2)C1=CC=CC1=C([O-])NC12CC3CC(CC(C3)C1)C2.[Na+]. The van der Waals surface area contributed by atoms with Gasteiger partial charge in [-0.25, -0.2) is 0 Å². The van der Waals surface area contributed by atoms with Crippen LogP contribution in [0, 0.1) is 35.5 Å². The van der Waals surface area contributed by atoms with Gasteiger partial charge in [0.1, 0.15) is 0 Å². The minimum atomic E-state index is -0.0254. The molecule has 0 spiro atoms. The Kier molecular flexibility index (Phi) is 5.21. The summed E-state index contributed by atoms with van der Waals surface area (Å²) < 4.78 is 0. The molecule has 2 N–H and O–H groups in total. The molecule has 9 aliphatic rings. The summed E-state index contributed by atoms with van der Waals surface area (Å²) in [5.74, 6) is 4.73. The molecule has 0 unspecified atom stereocenters. The molecule has 0 aromatic carbocycles. The Morgan fingerprint density at radius 3 is 1.59 bits per heavy atom. The van der Waals surface area contributed by atoms with Gasteiger partial charge >= 0.3 is 29.6 Å². The van der Waals surface area contributed by atoms with Crippen LogP contribution in [0.4, 0.5) is 0 Å². The minimum Gasteiger partial charge on any atom is -0.860 e. The molecule has 0 aromatic rings. The Morgan fingerprint density at radius 1 is 0.750 bits per heavy atom. The van der Waals surface area contributed by atoms with E-state index in [2.05, 4.69) is 10.6 Å². The average molecular weight is 443 g/mol. The largest absolute Gasteiger partial charge is 1.00 e. The van der Waals surface area contributed by atoms with E-state index in [4.69, 9.17) is 0 Å². The Labute approximate surface area is 214 Å². The van der Waals surface area contributed by atoms with Crippen molar-refractivity contribution in [3.05, 3.63) is 35.3 Å². The second-order valence-corrected chi connectivity index (χ2v) is 12.7. The Balaban J connectivity index is 0.00000196. The van der Waals surface area contributed by atoms with Crippen LogP contribution >= 0.6 is 0 Å². The fraction of sp³-hybridized carbons (Fsp3) is 0.741. The maximum absolute atomic E-state index is 13.4. The third-order valence-electron chi connectivity index (χ3n) is 10.1. The number of hydrogen-bond acceptors (Lipinski definition) is 3. The molecule has 0 saturated heterocycles. The fourth-order valence-electron chi connectivity index (χ4n) is 9.96. The van der Waals surface area contributed by atoms with Gasteiger partial charge in [-0.15, -0.1) is 0 Å². The summed E-state index contributed by atoms with van der Waals surface area (Å²) in [4.78, 5) is 13.4. The summed E-state index contributed by atoms with van der Waals surface area (Å²) in [6, 6.07) is 0. The monoisotopic (exact) mass is 442 g/mol. The van der Waals surface area contributed by atoms with E-state index in [-0.39, 0.29) is 52.4 Å². The third-order valence-corrected chi connectivity index (χ3v) is 10.1. The van der Waals surface area contributed by atoms with Crippen molar-refractivity contribution < 1.29 is 39.5 Å². The van der Waals surface area contributed by atoms with E-state index in [0.29, 0.717) is 11.1 Å². The van der Waals surface area contributed by atoms with Crippen molar-refractivity contribution in [1.29, 1.82) is 0 Å². The second-order valence-electron chi connectivity index (χ2n) is 12.7. The Bertz CT molecular complexity index is 846. The van der Waals surface area contributed by atoms with Crippen LogP contribution < -0.4 is 45.3 Å². The van der Waals surface area contributed by atoms with E-state index < -0.39 is 0 Å². The van der Waals surface area contributed by atoms with Crippen molar-refractivity contribution in [3.63, 3.8) is 0 Å². The van der Waals surface area contributed by atoms with Gasteiger partial charge in [-0.05, 0) is 130 Å². The topological polar surface area (TPSA) is 64.2 Å². The second kappa shape index (κ2) is 7.65. The minimum absolute atomic E-state index is 0. The van der Waals surface area contributed by atoms with Crippen LogP contribution in [-0.2, 0) is 4.79 Å². The standard InChI is InChI=1S/C27H36N2O2.Na/c30-24(28-26-10-16-4-17(11-26)6-18(5-16)12-26)22-2-1-3-23(22)25(31)29-27-13-19-7-20(14-27)9-21(8-19)15-27;/h1-3,16-21,28,30H,4-15H2,(H,29,31);/q;+1/p-1. The van der Waals surface area contributed by atoms with Crippen LogP contribution in [-0.4, -0.2) is 17.0 Å². The van der Waals surface area contributed by atoms with Gasteiger partial charge in [0.25, 0.3) is 5.91 Å². The molecule has 0 aromatic heterocycles. The molecule has 0 atom stereocenters. The first-order chi connectivity index (χ1) is 15.0. The van der Waals surface area contributed by atoms with Gasteiger partial charge in [0.2, 0.25) is 0 Å². The number of carbonyl (C=O) groups is 1. The molecule has 9 aliphatic carbocycles. The van der Waals surface area contributed by atoms with Crippen molar-refractivity contribution in [1.82, 2.24) is 10.6 Å². The first kappa shape index (κ1) is 21.8. The zero-order valence-corrected chi connectivity index (χ0v) is 21.5. The first-order valence-corrected chi connectivity index (χ1v) is 12.9. The summed E-state index contributed by atoms with van der Waals surface area (Å²) >= 11 is 0. The number of nitrogens with one attached hydrogen (secondary N) is 2. The van der Waals surface area contributed by atoms with Crippen molar-refractivity contribution in [3.8, 4) is 0 Å². The van der Waals surface area contributed by atoms with Gasteiger partial charge in [-0.2, -0.15) is 0 Å². The summed E-state index contributed by atoms with van der Waals surface area (Å²) in [6.07, 6.45) is 20.6. The number of carbonyl (C=O) groups excluding carboxylic acids is 1. The van der Waals surface area contributed by atoms with E-state index in [9.17, 15) is 9.90 Å². The quantitative estimate of drug-likeness (QED) is 0.498. The van der Waals surface area contributed by atoms with Gasteiger partial charge in [-0.3, -0.25) is 4.79 Å². The van der Waals surface area contributed by atoms with Crippen molar-refractivity contribution in [2.75, 3.05) is 0 Å². The molecule has 8 bridgehead atoms. The summed E-state index contributed by atoms with van der Waals surface area (Å²) in [5.41, 5.74) is 1.13. The average Bonchev–Trinajstić information content (AvgIpc) is 3.15.